The van der Waals surface area contributed by atoms with Crippen LogP contribution < -0.4 is 0 Å². The Balaban J connectivity index is 5.36. The van der Waals surface area contributed by atoms with Gasteiger partial charge in [-0.2, -0.15) is 0 Å². The maximum absolute atomic E-state index is 13.1. The smallest absolute Gasteiger partial charge is 0.462 e. The van der Waals surface area contributed by atoms with Crippen molar-refractivity contribution in [2.45, 2.75) is 354 Å². The minimum Gasteiger partial charge on any atom is -0.462 e. The highest BCUT2D eigenvalue weighted by Crippen LogP contribution is 2.45. The average molecular weight is 1480 g/mol. The van der Waals surface area contributed by atoms with Gasteiger partial charge in [0.1, 0.15) is 19.3 Å². The van der Waals surface area contributed by atoms with Crippen LogP contribution in [0.2, 0.25) is 0 Å². The average Bonchev–Trinajstić information content (AvgIpc) is 0.908. The molecule has 0 fully saturated rings. The Hall–Kier alpha value is -4.28. The van der Waals surface area contributed by atoms with E-state index in [-0.39, 0.29) is 25.7 Å². The van der Waals surface area contributed by atoms with E-state index in [2.05, 4.69) is 137 Å². The largest absolute Gasteiger partial charge is 0.472 e. The number of aliphatic hydroxyl groups is 1. The third-order valence-electron chi connectivity index (χ3n) is 16.7. The monoisotopic (exact) mass is 1470 g/mol. The number of unbranched alkanes of at least 4 members (excludes halogenated alkanes) is 31. The fourth-order valence-corrected chi connectivity index (χ4v) is 12.3. The number of hydrogen-bond donors (Lipinski definition) is 3. The SMILES string of the molecule is CC/C=C\C/C=C\C/C=C\C/C=C\CCCCCCC(=O)OCC(COP(=O)(O)OCC(O)COP(=O)(O)OCC(COC(=O)CCCCCCCCC/C=C\C/C=C\C/C=C\CC)OC(=O)CCCCCCCCCCCCCCCCC)OC(=O)CCCCCCC/C=C\C/C=C\CCC. The summed E-state index contributed by atoms with van der Waals surface area (Å²) < 4.78 is 68.6. The lowest BCUT2D eigenvalue weighted by molar-refractivity contribution is -0.161. The summed E-state index contributed by atoms with van der Waals surface area (Å²) in [4.78, 5) is 73.0. The van der Waals surface area contributed by atoms with Gasteiger partial charge in [-0.15, -0.1) is 0 Å². The van der Waals surface area contributed by atoms with E-state index in [9.17, 15) is 43.2 Å². The summed E-state index contributed by atoms with van der Waals surface area (Å²) in [6.45, 7) is 4.57. The Morgan fingerprint density at radius 1 is 0.284 bits per heavy atom. The van der Waals surface area contributed by atoms with Crippen molar-refractivity contribution in [1.82, 2.24) is 0 Å². The van der Waals surface area contributed by atoms with Gasteiger partial charge in [0.05, 0.1) is 26.4 Å². The molecule has 102 heavy (non-hydrogen) atoms. The van der Waals surface area contributed by atoms with Crippen LogP contribution in [-0.4, -0.2) is 96.7 Å². The van der Waals surface area contributed by atoms with Crippen molar-refractivity contribution in [3.05, 3.63) is 109 Å². The van der Waals surface area contributed by atoms with Crippen LogP contribution in [0.25, 0.3) is 0 Å². The zero-order valence-corrected chi connectivity index (χ0v) is 66.0. The van der Waals surface area contributed by atoms with E-state index in [0.717, 1.165) is 193 Å². The Morgan fingerprint density at radius 3 is 0.824 bits per heavy atom. The maximum atomic E-state index is 13.1. The van der Waals surface area contributed by atoms with Gasteiger partial charge in [-0.25, -0.2) is 9.13 Å². The van der Waals surface area contributed by atoms with E-state index in [1.54, 1.807) is 0 Å². The van der Waals surface area contributed by atoms with Crippen molar-refractivity contribution in [3.63, 3.8) is 0 Å². The van der Waals surface area contributed by atoms with E-state index in [1.807, 2.05) is 0 Å². The van der Waals surface area contributed by atoms with Crippen molar-refractivity contribution in [2.75, 3.05) is 39.6 Å². The molecule has 19 heteroatoms. The molecule has 0 aromatic carbocycles. The second-order valence-electron chi connectivity index (χ2n) is 26.6. The van der Waals surface area contributed by atoms with Gasteiger partial charge in [0.2, 0.25) is 0 Å². The minimum atomic E-state index is -4.98. The molecule has 588 valence electrons. The van der Waals surface area contributed by atoms with Gasteiger partial charge in [-0.3, -0.25) is 37.3 Å². The van der Waals surface area contributed by atoms with Crippen LogP contribution in [0.1, 0.15) is 336 Å². The molecule has 0 aliphatic heterocycles. The van der Waals surface area contributed by atoms with Crippen LogP contribution >= 0.6 is 15.6 Å². The number of carbonyl (C=O) groups is 4. The third kappa shape index (κ3) is 74.0. The molecule has 0 amide bonds. The molecule has 0 saturated heterocycles. The lowest BCUT2D eigenvalue weighted by Gasteiger charge is -2.21. The molecule has 0 radical (unpaired) electrons. The molecule has 0 rings (SSSR count). The molecule has 0 bridgehead atoms. The molecule has 0 spiro atoms. The first-order chi connectivity index (χ1) is 49.7. The number of ether oxygens (including phenoxy) is 4. The van der Waals surface area contributed by atoms with Crippen molar-refractivity contribution in [3.8, 4) is 0 Å². The summed E-state index contributed by atoms with van der Waals surface area (Å²) >= 11 is 0. The first-order valence-corrected chi connectivity index (χ1v) is 43.1. The standard InChI is InChI=1S/C83H144O17P2/c1-5-9-13-17-21-25-29-33-36-38-41-44-47-51-55-59-63-67-80(85)93-73-78(99-82(87)69-65-61-57-53-49-43-32-28-24-20-16-12-8-4)75-97-101(89,90)95-71-77(84)72-96-102(91,92)98-76-79(100-83(88)70-66-62-58-54-50-46-40-35-31-27-23-19-15-11-7-3)74-94-81(86)68-64-60-56-52-48-45-42-39-37-34-30-26-22-18-14-10-6-2/h9-10,13-14,16,20-22,25-26,28,32-34,36-37,41,44,77-79,84H,5-8,11-12,15,17-19,23-24,27,29-31,35,38-40,42-43,45-76H2,1-4H3,(H,89,90)(H,91,92)/b13-9-,14-10-,20-16-,25-21-,26-22-,32-28-,36-33-,37-34-,44-41-. The Morgan fingerprint density at radius 2 is 0.529 bits per heavy atom. The third-order valence-corrected chi connectivity index (χ3v) is 18.6. The van der Waals surface area contributed by atoms with Crippen molar-refractivity contribution < 1.29 is 80.2 Å². The first-order valence-electron chi connectivity index (χ1n) is 40.1. The number of allylic oxidation sites excluding steroid dienone is 18. The molecule has 17 nitrogen and oxygen atoms in total. The maximum Gasteiger partial charge on any atom is 0.472 e. The summed E-state index contributed by atoms with van der Waals surface area (Å²) in [6.07, 6.45) is 80.6. The number of phosphoric acid groups is 2. The summed E-state index contributed by atoms with van der Waals surface area (Å²) in [5.41, 5.74) is 0. The van der Waals surface area contributed by atoms with Crippen LogP contribution in [0, 0.1) is 0 Å². The molecule has 0 aliphatic rings. The zero-order chi connectivity index (χ0) is 74.6. The minimum absolute atomic E-state index is 0.0723. The van der Waals surface area contributed by atoms with E-state index in [1.165, 1.54) is 64.2 Å². The quantitative estimate of drug-likeness (QED) is 0.0169. The van der Waals surface area contributed by atoms with Gasteiger partial charge in [-0.1, -0.05) is 298 Å². The first kappa shape index (κ1) is 97.7. The normalized spacial score (nSPS) is 14.5. The topological polar surface area (TPSA) is 237 Å². The van der Waals surface area contributed by atoms with Gasteiger partial charge in [0.15, 0.2) is 12.2 Å². The molecule has 5 unspecified atom stereocenters. The summed E-state index contributed by atoms with van der Waals surface area (Å²) in [6, 6.07) is 0. The fraction of sp³-hybridized carbons (Fsp3) is 0.735. The van der Waals surface area contributed by atoms with Crippen LogP contribution in [0.3, 0.4) is 0 Å². The Bertz CT molecular complexity index is 2360. The molecule has 0 aromatic rings. The predicted octanol–water partition coefficient (Wildman–Crippen LogP) is 23.3. The highest BCUT2D eigenvalue weighted by atomic mass is 31.2. The number of carbonyl (C=O) groups excluding carboxylic acids is 4. The lowest BCUT2D eigenvalue weighted by atomic mass is 10.0. The van der Waals surface area contributed by atoms with Crippen LogP contribution in [0.15, 0.2) is 109 Å². The van der Waals surface area contributed by atoms with Gasteiger partial charge in [0.25, 0.3) is 0 Å². The predicted molar refractivity (Wildman–Crippen MR) is 418 cm³/mol. The van der Waals surface area contributed by atoms with E-state index in [0.29, 0.717) is 25.7 Å². The Labute approximate surface area is 619 Å². The van der Waals surface area contributed by atoms with E-state index < -0.39 is 97.5 Å². The van der Waals surface area contributed by atoms with E-state index >= 15 is 0 Å². The molecular weight excluding hydrogens is 1330 g/mol. The number of hydrogen-bond acceptors (Lipinski definition) is 15. The van der Waals surface area contributed by atoms with Crippen molar-refractivity contribution >= 4 is 39.5 Å². The highest BCUT2D eigenvalue weighted by Gasteiger charge is 2.30. The second-order valence-corrected chi connectivity index (χ2v) is 29.5. The van der Waals surface area contributed by atoms with Crippen LogP contribution in [0.5, 0.6) is 0 Å². The molecule has 0 saturated carbocycles. The second kappa shape index (κ2) is 75.0. The van der Waals surface area contributed by atoms with Gasteiger partial charge >= 0.3 is 39.5 Å². The highest BCUT2D eigenvalue weighted by molar-refractivity contribution is 7.47. The summed E-state index contributed by atoms with van der Waals surface area (Å²) in [5.74, 6) is -2.21. The molecule has 0 aromatic heterocycles. The molecule has 0 aliphatic carbocycles. The van der Waals surface area contributed by atoms with E-state index in [4.69, 9.17) is 37.0 Å². The fourth-order valence-electron chi connectivity index (χ4n) is 10.7. The van der Waals surface area contributed by atoms with Crippen molar-refractivity contribution in [2.24, 2.45) is 0 Å². The Kier molecular flexibility index (Phi) is 71.8. The number of phosphoric ester groups is 2. The lowest BCUT2D eigenvalue weighted by Crippen LogP contribution is -2.30. The number of rotatable bonds is 75. The van der Waals surface area contributed by atoms with Gasteiger partial charge in [0, 0.05) is 25.7 Å². The zero-order valence-electron chi connectivity index (χ0n) is 64.3. The summed E-state index contributed by atoms with van der Waals surface area (Å²) in [7, 11) is -9.96. The number of aliphatic hydroxyl groups excluding tert-OH is 1. The molecule has 5 atom stereocenters. The van der Waals surface area contributed by atoms with Gasteiger partial charge < -0.3 is 33.8 Å². The van der Waals surface area contributed by atoms with Gasteiger partial charge in [-0.05, 0) is 122 Å². The van der Waals surface area contributed by atoms with Crippen LogP contribution in [0.4, 0.5) is 0 Å². The molecular formula is C83H144O17P2. The summed E-state index contributed by atoms with van der Waals surface area (Å²) in [5, 5.41) is 10.6. The number of esters is 4. The molecule has 3 N–H and O–H groups in total. The van der Waals surface area contributed by atoms with Crippen LogP contribution in [-0.2, 0) is 65.4 Å². The molecule has 0 heterocycles. The van der Waals surface area contributed by atoms with Crippen molar-refractivity contribution in [1.29, 1.82) is 0 Å².